The lowest BCUT2D eigenvalue weighted by atomic mass is 9.95. The number of hydrogen-bond acceptors (Lipinski definition) is 12. The van der Waals surface area contributed by atoms with E-state index in [1.165, 1.54) is 13.8 Å². The molecule has 0 spiro atoms. The summed E-state index contributed by atoms with van der Waals surface area (Å²) in [7, 11) is 0. The van der Waals surface area contributed by atoms with Crippen LogP contribution in [0, 0.1) is 0 Å². The topological polar surface area (TPSA) is 215 Å². The fourth-order valence-electron chi connectivity index (χ4n) is 4.23. The molecule has 2 heterocycles. The van der Waals surface area contributed by atoms with Gasteiger partial charge in [-0.2, -0.15) is 0 Å². The van der Waals surface area contributed by atoms with Crippen LogP contribution in [0.2, 0.25) is 0 Å². The second-order valence-corrected chi connectivity index (χ2v) is 8.59. The van der Waals surface area contributed by atoms with Crippen molar-refractivity contribution in [3.63, 3.8) is 0 Å². The van der Waals surface area contributed by atoms with E-state index in [0.717, 1.165) is 6.92 Å². The van der Waals surface area contributed by atoms with Gasteiger partial charge in [-0.15, -0.1) is 0 Å². The first-order valence-electron chi connectivity index (χ1n) is 11.4. The molecular formula is C21H34N2O12. The molecule has 9 atom stereocenters. The highest BCUT2D eigenvalue weighted by Gasteiger charge is 2.53. The van der Waals surface area contributed by atoms with E-state index in [2.05, 4.69) is 0 Å². The van der Waals surface area contributed by atoms with Crippen molar-refractivity contribution in [2.75, 3.05) is 13.2 Å². The van der Waals surface area contributed by atoms with Crippen LogP contribution in [-0.4, -0.2) is 132 Å². The van der Waals surface area contributed by atoms with E-state index < -0.39 is 85.2 Å². The molecule has 0 bridgehead atoms. The number of piperidine rings is 1. The first kappa shape index (κ1) is 29.0. The predicted molar refractivity (Wildman–Crippen MR) is 114 cm³/mol. The highest BCUT2D eigenvalue weighted by atomic mass is 16.6. The molecule has 6 N–H and O–H groups in total. The van der Waals surface area contributed by atoms with Gasteiger partial charge < -0.3 is 40.1 Å². The minimum absolute atomic E-state index is 0.129. The Morgan fingerprint density at radius 1 is 1.11 bits per heavy atom. The third-order valence-electron chi connectivity index (χ3n) is 6.04. The van der Waals surface area contributed by atoms with E-state index in [9.17, 15) is 49.8 Å². The Balaban J connectivity index is 2.66. The van der Waals surface area contributed by atoms with Crippen molar-refractivity contribution < 1.29 is 59.3 Å². The molecule has 0 aliphatic carbocycles. The molecule has 35 heavy (non-hydrogen) atoms. The van der Waals surface area contributed by atoms with Crippen molar-refractivity contribution in [3.05, 3.63) is 0 Å². The Morgan fingerprint density at radius 3 is 2.17 bits per heavy atom. The minimum Gasteiger partial charge on any atom is -0.464 e. The molecule has 0 saturated carbocycles. The van der Waals surface area contributed by atoms with E-state index in [1.54, 1.807) is 0 Å². The Hall–Kier alpha value is -2.20. The van der Waals surface area contributed by atoms with Gasteiger partial charge in [-0.25, -0.2) is 4.79 Å². The SMILES string of the molecule is CCOC(=O)[C@H]([C@@H](C)O)N(C(=O)[C@H]([C@@H](O)CO)N1C(=O)CCCC1=O)[C@@H]1O[C@@H](C)[C@@H](O)[C@@H](O)[C@@H]1O. The molecule has 0 aromatic heterocycles. The fourth-order valence-corrected chi connectivity index (χ4v) is 4.23. The Morgan fingerprint density at radius 2 is 1.69 bits per heavy atom. The average Bonchev–Trinajstić information content (AvgIpc) is 2.80. The summed E-state index contributed by atoms with van der Waals surface area (Å²) in [6, 6.07) is -3.94. The molecule has 0 unspecified atom stereocenters. The summed E-state index contributed by atoms with van der Waals surface area (Å²) in [5, 5.41) is 61.5. The molecule has 3 amide bonds. The van der Waals surface area contributed by atoms with Crippen molar-refractivity contribution in [1.82, 2.24) is 9.80 Å². The van der Waals surface area contributed by atoms with Crippen LogP contribution >= 0.6 is 0 Å². The van der Waals surface area contributed by atoms with Crippen LogP contribution in [0.4, 0.5) is 0 Å². The summed E-state index contributed by atoms with van der Waals surface area (Å²) < 4.78 is 10.5. The zero-order valence-electron chi connectivity index (χ0n) is 19.8. The number of likely N-dealkylation sites (tertiary alicyclic amines) is 1. The van der Waals surface area contributed by atoms with E-state index in [1.807, 2.05) is 0 Å². The van der Waals surface area contributed by atoms with Crippen molar-refractivity contribution >= 4 is 23.7 Å². The number of carbonyl (C=O) groups excluding carboxylic acids is 4. The summed E-state index contributed by atoms with van der Waals surface area (Å²) >= 11 is 0. The maximum Gasteiger partial charge on any atom is 0.331 e. The lowest BCUT2D eigenvalue weighted by molar-refractivity contribution is -0.262. The molecule has 2 rings (SSSR count). The number of aliphatic hydroxyl groups excluding tert-OH is 6. The summed E-state index contributed by atoms with van der Waals surface area (Å²) in [5.41, 5.74) is 0. The van der Waals surface area contributed by atoms with Gasteiger partial charge in [0, 0.05) is 12.8 Å². The number of imide groups is 1. The van der Waals surface area contributed by atoms with Gasteiger partial charge in [-0.05, 0) is 27.2 Å². The predicted octanol–water partition coefficient (Wildman–Crippen LogP) is -3.78. The Kier molecular flexibility index (Phi) is 10.1. The second kappa shape index (κ2) is 12.2. The molecular weight excluding hydrogens is 472 g/mol. The summed E-state index contributed by atoms with van der Waals surface area (Å²) in [6.45, 7) is 2.67. The number of ether oxygens (including phenoxy) is 2. The summed E-state index contributed by atoms with van der Waals surface area (Å²) in [5.74, 6) is -4.11. The Bertz CT molecular complexity index is 776. The first-order chi connectivity index (χ1) is 16.4. The second-order valence-electron chi connectivity index (χ2n) is 8.59. The standard InChI is InChI=1S/C21H34N2O12/c1-4-34-21(33)14(9(2)25)23(20-18(31)17(30)16(29)10(3)35-20)19(32)15(11(26)8-24)22-12(27)6-5-7-13(22)28/h9-11,14-18,20,24-26,29-31H,4-8H2,1-3H3/t9-,10+,11+,14+,15+,16-,17-,18+,20-/m1/s1. The minimum atomic E-state index is -2.05. The van der Waals surface area contributed by atoms with Gasteiger partial charge in [0.05, 0.1) is 25.4 Å². The van der Waals surface area contributed by atoms with E-state index in [4.69, 9.17) is 9.47 Å². The third kappa shape index (κ3) is 5.97. The number of esters is 1. The van der Waals surface area contributed by atoms with Crippen LogP contribution in [0.15, 0.2) is 0 Å². The van der Waals surface area contributed by atoms with E-state index in [0.29, 0.717) is 9.80 Å². The molecule has 2 aliphatic rings. The first-order valence-corrected chi connectivity index (χ1v) is 11.4. The molecule has 2 aliphatic heterocycles. The molecule has 200 valence electrons. The Labute approximate surface area is 201 Å². The number of rotatable bonds is 9. The van der Waals surface area contributed by atoms with Crippen molar-refractivity contribution in [2.24, 2.45) is 0 Å². The molecule has 2 fully saturated rings. The maximum atomic E-state index is 13.9. The van der Waals surface area contributed by atoms with Gasteiger partial charge in [0.15, 0.2) is 12.3 Å². The van der Waals surface area contributed by atoms with Gasteiger partial charge in [0.1, 0.15) is 30.5 Å². The lowest BCUT2D eigenvalue weighted by Gasteiger charge is -2.48. The van der Waals surface area contributed by atoms with Gasteiger partial charge >= 0.3 is 5.97 Å². The van der Waals surface area contributed by atoms with E-state index in [-0.39, 0.29) is 25.9 Å². The number of nitrogens with zero attached hydrogens (tertiary/aromatic N) is 2. The van der Waals surface area contributed by atoms with Gasteiger partial charge in [0.25, 0.3) is 5.91 Å². The monoisotopic (exact) mass is 506 g/mol. The van der Waals surface area contributed by atoms with Crippen LogP contribution in [0.1, 0.15) is 40.0 Å². The largest absolute Gasteiger partial charge is 0.464 e. The molecule has 0 aromatic rings. The third-order valence-corrected chi connectivity index (χ3v) is 6.04. The van der Waals surface area contributed by atoms with Gasteiger partial charge in [-0.1, -0.05) is 0 Å². The quantitative estimate of drug-likeness (QED) is 0.131. The van der Waals surface area contributed by atoms with Crippen molar-refractivity contribution in [2.45, 2.75) is 95.0 Å². The smallest absolute Gasteiger partial charge is 0.331 e. The van der Waals surface area contributed by atoms with Crippen molar-refractivity contribution in [3.8, 4) is 0 Å². The highest BCUT2D eigenvalue weighted by molar-refractivity contribution is 6.03. The molecule has 14 nitrogen and oxygen atoms in total. The van der Waals surface area contributed by atoms with Crippen LogP contribution in [0.3, 0.4) is 0 Å². The van der Waals surface area contributed by atoms with Crippen LogP contribution in [0.5, 0.6) is 0 Å². The molecule has 14 heteroatoms. The van der Waals surface area contributed by atoms with Gasteiger partial charge in [0.2, 0.25) is 11.8 Å². The van der Waals surface area contributed by atoms with E-state index >= 15 is 0 Å². The lowest BCUT2D eigenvalue weighted by Crippen LogP contribution is -2.70. The zero-order chi connectivity index (χ0) is 26.6. The zero-order valence-corrected chi connectivity index (χ0v) is 19.8. The number of aliphatic hydroxyl groups is 6. The maximum absolute atomic E-state index is 13.9. The van der Waals surface area contributed by atoms with Crippen molar-refractivity contribution in [1.29, 1.82) is 0 Å². The van der Waals surface area contributed by atoms with Crippen LogP contribution < -0.4 is 0 Å². The average molecular weight is 507 g/mol. The molecule has 0 radical (unpaired) electrons. The summed E-state index contributed by atoms with van der Waals surface area (Å²) in [6.07, 6.45) is -12.2. The number of hydrogen-bond donors (Lipinski definition) is 6. The summed E-state index contributed by atoms with van der Waals surface area (Å²) in [4.78, 5) is 52.8. The van der Waals surface area contributed by atoms with Crippen LogP contribution in [-0.2, 0) is 28.7 Å². The normalized spacial score (nSPS) is 30.9. The van der Waals surface area contributed by atoms with Crippen LogP contribution in [0.25, 0.3) is 0 Å². The number of carbonyl (C=O) groups is 4. The van der Waals surface area contributed by atoms with Gasteiger partial charge in [-0.3, -0.25) is 24.2 Å². The number of amides is 3. The highest BCUT2D eigenvalue weighted by Crippen LogP contribution is 2.29. The fraction of sp³-hybridized carbons (Fsp3) is 0.810. The molecule has 0 aromatic carbocycles. The molecule has 2 saturated heterocycles.